The van der Waals surface area contributed by atoms with Crippen LogP contribution in [0, 0.1) is 0 Å². The molecular formula is C14H32N2O4P2S2. The van der Waals surface area contributed by atoms with Crippen molar-refractivity contribution in [2.24, 2.45) is 0 Å². The first kappa shape index (κ1) is 23.1. The van der Waals surface area contributed by atoms with Crippen LogP contribution >= 0.6 is 13.3 Å². The normalized spacial score (nSPS) is 22.7. The summed E-state index contributed by atoms with van der Waals surface area (Å²) in [6.07, 6.45) is 4.30. The lowest BCUT2D eigenvalue weighted by atomic mass is 9.92. The molecule has 10 heteroatoms. The second kappa shape index (κ2) is 11.7. The minimum atomic E-state index is -2.48. The Balaban J connectivity index is 2.83. The van der Waals surface area contributed by atoms with Crippen molar-refractivity contribution in [3.8, 4) is 0 Å². The molecule has 0 radical (unpaired) electrons. The van der Waals surface area contributed by atoms with Crippen LogP contribution in [0.2, 0.25) is 0 Å². The van der Waals surface area contributed by atoms with Crippen molar-refractivity contribution in [1.29, 1.82) is 0 Å². The Hall–Kier alpha value is 1.06. The van der Waals surface area contributed by atoms with Crippen LogP contribution in [0.3, 0.4) is 0 Å². The largest absolute Gasteiger partial charge is 0.318 e. The van der Waals surface area contributed by atoms with E-state index >= 15 is 0 Å². The zero-order chi connectivity index (χ0) is 18.1. The predicted octanol–water partition coefficient (Wildman–Crippen LogP) is 4.07. The van der Waals surface area contributed by atoms with E-state index in [4.69, 9.17) is 41.7 Å². The average Bonchev–Trinajstić information content (AvgIpc) is 2.50. The Morgan fingerprint density at radius 3 is 1.25 bits per heavy atom. The van der Waals surface area contributed by atoms with Crippen LogP contribution < -0.4 is 10.2 Å². The Morgan fingerprint density at radius 2 is 1.00 bits per heavy atom. The molecule has 6 nitrogen and oxygen atoms in total. The van der Waals surface area contributed by atoms with Crippen LogP contribution in [0.25, 0.3) is 0 Å². The van der Waals surface area contributed by atoms with E-state index in [0.717, 1.165) is 25.7 Å². The standard InChI is InChI=1S/C14H32N2O4P2S2/c1-5-17-21(23,18-6-2)15-13-11-9-10-12-14(13)16-22(24,19-7-3)20-8-4/h13-14H,5-12H2,1-4H3,(H,15,23)(H,16,24)/t13-,14-/m0/s1. The number of hydrogen-bond acceptors (Lipinski definition) is 6. The summed E-state index contributed by atoms with van der Waals surface area (Å²) in [5.41, 5.74) is 0. The van der Waals surface area contributed by atoms with E-state index in [0.29, 0.717) is 26.4 Å². The van der Waals surface area contributed by atoms with Crippen LogP contribution in [0.15, 0.2) is 0 Å². The van der Waals surface area contributed by atoms with E-state index in [9.17, 15) is 0 Å². The molecule has 0 aromatic carbocycles. The van der Waals surface area contributed by atoms with Crippen LogP contribution in [-0.2, 0) is 41.7 Å². The maximum atomic E-state index is 5.73. The first-order valence-corrected chi connectivity index (χ1v) is 14.0. The molecule has 1 rings (SSSR count). The van der Waals surface area contributed by atoms with Gasteiger partial charge in [-0.2, -0.15) is 0 Å². The molecule has 2 atom stereocenters. The van der Waals surface area contributed by atoms with Crippen molar-refractivity contribution in [2.45, 2.75) is 65.5 Å². The Bertz CT molecular complexity index is 396. The van der Waals surface area contributed by atoms with Gasteiger partial charge in [-0.3, -0.25) is 0 Å². The zero-order valence-electron chi connectivity index (χ0n) is 15.2. The molecule has 0 aliphatic heterocycles. The monoisotopic (exact) mass is 418 g/mol. The van der Waals surface area contributed by atoms with Gasteiger partial charge >= 0.3 is 0 Å². The Morgan fingerprint density at radius 1 is 0.708 bits per heavy atom. The van der Waals surface area contributed by atoms with E-state index in [1.165, 1.54) is 0 Å². The third-order valence-electron chi connectivity index (χ3n) is 3.61. The highest BCUT2D eigenvalue weighted by molar-refractivity contribution is 8.09. The van der Waals surface area contributed by atoms with Crippen molar-refractivity contribution >= 4 is 36.9 Å². The highest BCUT2D eigenvalue weighted by atomic mass is 32.5. The molecule has 24 heavy (non-hydrogen) atoms. The van der Waals surface area contributed by atoms with Crippen LogP contribution in [0.5, 0.6) is 0 Å². The molecule has 0 heterocycles. The van der Waals surface area contributed by atoms with Crippen molar-refractivity contribution in [3.05, 3.63) is 0 Å². The van der Waals surface area contributed by atoms with Crippen molar-refractivity contribution in [3.63, 3.8) is 0 Å². The third kappa shape index (κ3) is 7.75. The van der Waals surface area contributed by atoms with Gasteiger partial charge in [0.2, 0.25) is 0 Å². The molecule has 0 unspecified atom stereocenters. The van der Waals surface area contributed by atoms with Gasteiger partial charge < -0.3 is 18.1 Å². The first-order chi connectivity index (χ1) is 11.4. The number of rotatable bonds is 12. The van der Waals surface area contributed by atoms with Gasteiger partial charge in [-0.15, -0.1) is 0 Å². The molecule has 1 fully saturated rings. The average molecular weight is 419 g/mol. The van der Waals surface area contributed by atoms with Crippen molar-refractivity contribution < 1.29 is 18.1 Å². The van der Waals surface area contributed by atoms with Crippen LogP contribution in [0.4, 0.5) is 0 Å². The maximum absolute atomic E-state index is 5.73. The minimum Gasteiger partial charge on any atom is -0.318 e. The molecule has 144 valence electrons. The topological polar surface area (TPSA) is 61.0 Å². The van der Waals surface area contributed by atoms with E-state index in [2.05, 4.69) is 10.2 Å². The Labute approximate surface area is 157 Å². The summed E-state index contributed by atoms with van der Waals surface area (Å²) in [5, 5.41) is 6.94. The lowest BCUT2D eigenvalue weighted by molar-refractivity contribution is 0.228. The molecule has 1 aliphatic carbocycles. The fourth-order valence-corrected chi connectivity index (χ4v) is 8.06. The van der Waals surface area contributed by atoms with Gasteiger partial charge in [0, 0.05) is 12.1 Å². The van der Waals surface area contributed by atoms with Gasteiger partial charge in [-0.1, -0.05) is 12.8 Å². The molecule has 2 N–H and O–H groups in total. The summed E-state index contributed by atoms with van der Waals surface area (Å²) in [6.45, 7) is 4.90. The van der Waals surface area contributed by atoms with Crippen LogP contribution in [0.1, 0.15) is 53.4 Å². The van der Waals surface area contributed by atoms with E-state index < -0.39 is 13.3 Å². The first-order valence-electron chi connectivity index (χ1n) is 8.75. The lowest BCUT2D eigenvalue weighted by Crippen LogP contribution is -2.48. The summed E-state index contributed by atoms with van der Waals surface area (Å²) in [6, 6.07) is 0.289. The summed E-state index contributed by atoms with van der Waals surface area (Å²) in [5.74, 6) is 0. The number of hydrogen-bond donors (Lipinski definition) is 2. The maximum Gasteiger partial charge on any atom is 0.261 e. The fraction of sp³-hybridized carbons (Fsp3) is 1.00. The summed E-state index contributed by atoms with van der Waals surface area (Å²) < 4.78 is 22.9. The van der Waals surface area contributed by atoms with Crippen molar-refractivity contribution in [2.75, 3.05) is 26.4 Å². The smallest absolute Gasteiger partial charge is 0.261 e. The Kier molecular flexibility index (Phi) is 11.3. The molecule has 0 spiro atoms. The summed E-state index contributed by atoms with van der Waals surface area (Å²) >= 11 is 11.3. The van der Waals surface area contributed by atoms with Crippen molar-refractivity contribution in [1.82, 2.24) is 10.2 Å². The zero-order valence-corrected chi connectivity index (χ0v) is 18.6. The highest BCUT2D eigenvalue weighted by Crippen LogP contribution is 2.48. The molecule has 0 aromatic heterocycles. The minimum absolute atomic E-state index is 0.144. The predicted molar refractivity (Wildman–Crippen MR) is 107 cm³/mol. The molecule has 0 saturated heterocycles. The fourth-order valence-electron chi connectivity index (χ4n) is 2.75. The van der Waals surface area contributed by atoms with E-state index in [-0.39, 0.29) is 12.1 Å². The van der Waals surface area contributed by atoms with Gasteiger partial charge in [-0.25, -0.2) is 10.2 Å². The van der Waals surface area contributed by atoms with Gasteiger partial charge in [0.25, 0.3) is 13.3 Å². The molecule has 1 saturated carbocycles. The van der Waals surface area contributed by atoms with Gasteiger partial charge in [0.05, 0.1) is 26.4 Å². The lowest BCUT2D eigenvalue weighted by Gasteiger charge is -2.38. The van der Waals surface area contributed by atoms with E-state index in [1.807, 2.05) is 27.7 Å². The second-order valence-electron chi connectivity index (χ2n) is 5.42. The quantitative estimate of drug-likeness (QED) is 0.460. The third-order valence-corrected chi connectivity index (χ3v) is 9.20. The van der Waals surface area contributed by atoms with Gasteiger partial charge in [-0.05, 0) is 64.2 Å². The van der Waals surface area contributed by atoms with Gasteiger partial charge in [0.15, 0.2) is 0 Å². The molecule has 1 aliphatic rings. The van der Waals surface area contributed by atoms with E-state index in [1.54, 1.807) is 0 Å². The van der Waals surface area contributed by atoms with Crippen LogP contribution in [-0.4, -0.2) is 38.5 Å². The highest BCUT2D eigenvalue weighted by Gasteiger charge is 2.34. The molecule has 0 bridgehead atoms. The number of nitrogens with one attached hydrogen (secondary N) is 2. The summed E-state index contributed by atoms with van der Waals surface area (Å²) in [7, 11) is 0. The SMILES string of the molecule is CCOP(=S)(N[C@H]1CCCC[C@@H]1NP(=S)(OCC)OCC)OCC. The second-order valence-corrected chi connectivity index (χ2v) is 11.8. The molecular weight excluding hydrogens is 386 g/mol. The van der Waals surface area contributed by atoms with Gasteiger partial charge in [0.1, 0.15) is 0 Å². The summed E-state index contributed by atoms with van der Waals surface area (Å²) in [4.78, 5) is 0. The molecule has 0 aromatic rings. The molecule has 0 amide bonds.